The van der Waals surface area contributed by atoms with Crippen LogP contribution in [0.4, 0.5) is 13.6 Å². The molecule has 2 aromatic carbocycles. The molecule has 0 bridgehead atoms. The van der Waals surface area contributed by atoms with Crippen molar-refractivity contribution in [3.8, 4) is 0 Å². The predicted molar refractivity (Wildman–Crippen MR) is 85.5 cm³/mol. The molecule has 1 aliphatic rings. The Morgan fingerprint density at radius 3 is 2.62 bits per heavy atom. The molecule has 1 aliphatic carbocycles. The number of rotatable bonds is 4. The van der Waals surface area contributed by atoms with Crippen molar-refractivity contribution < 1.29 is 18.7 Å². The molecule has 0 spiro atoms. The van der Waals surface area contributed by atoms with E-state index in [1.165, 1.54) is 12.1 Å². The SMILES string of the molecule is O=C(NCCc1cc(F)cc(F)c1)N[C@@H]1c2ccccc2C[C@@H]1O. The van der Waals surface area contributed by atoms with Gasteiger partial charge in [-0.25, -0.2) is 13.6 Å². The number of hydrogen-bond donors (Lipinski definition) is 3. The van der Waals surface area contributed by atoms with E-state index in [0.717, 1.165) is 17.2 Å². The summed E-state index contributed by atoms with van der Waals surface area (Å²) >= 11 is 0. The number of hydrogen-bond acceptors (Lipinski definition) is 2. The molecule has 0 saturated heterocycles. The van der Waals surface area contributed by atoms with E-state index in [2.05, 4.69) is 10.6 Å². The molecule has 2 atom stereocenters. The van der Waals surface area contributed by atoms with Crippen LogP contribution in [-0.2, 0) is 12.8 Å². The van der Waals surface area contributed by atoms with E-state index in [4.69, 9.17) is 0 Å². The van der Waals surface area contributed by atoms with Gasteiger partial charge in [0.05, 0.1) is 12.1 Å². The van der Waals surface area contributed by atoms with E-state index < -0.39 is 29.8 Å². The maximum Gasteiger partial charge on any atom is 0.315 e. The maximum absolute atomic E-state index is 13.1. The van der Waals surface area contributed by atoms with E-state index in [0.29, 0.717) is 18.4 Å². The Bertz CT molecular complexity index is 731. The van der Waals surface area contributed by atoms with Gasteiger partial charge < -0.3 is 15.7 Å². The molecule has 0 aliphatic heterocycles. The predicted octanol–water partition coefficient (Wildman–Crippen LogP) is 2.46. The first kappa shape index (κ1) is 16.4. The number of amides is 2. The van der Waals surface area contributed by atoms with E-state index in [1.807, 2.05) is 24.3 Å². The number of halogens is 2. The lowest BCUT2D eigenvalue weighted by molar-refractivity contribution is 0.142. The molecule has 0 fully saturated rings. The molecule has 0 heterocycles. The van der Waals surface area contributed by atoms with Crippen LogP contribution in [0.5, 0.6) is 0 Å². The highest BCUT2D eigenvalue weighted by Gasteiger charge is 2.31. The van der Waals surface area contributed by atoms with Crippen molar-refractivity contribution in [1.82, 2.24) is 10.6 Å². The Balaban J connectivity index is 1.53. The van der Waals surface area contributed by atoms with Crippen LogP contribution in [0.15, 0.2) is 42.5 Å². The first-order valence-electron chi connectivity index (χ1n) is 7.78. The van der Waals surface area contributed by atoms with Gasteiger partial charge in [0.1, 0.15) is 11.6 Å². The molecule has 4 nitrogen and oxygen atoms in total. The summed E-state index contributed by atoms with van der Waals surface area (Å²) in [5.74, 6) is -1.28. The smallest absolute Gasteiger partial charge is 0.315 e. The highest BCUT2D eigenvalue weighted by molar-refractivity contribution is 5.74. The Morgan fingerprint density at radius 1 is 1.17 bits per heavy atom. The number of urea groups is 1. The van der Waals surface area contributed by atoms with Crippen LogP contribution in [0.3, 0.4) is 0 Å². The van der Waals surface area contributed by atoms with Crippen molar-refractivity contribution >= 4 is 6.03 Å². The van der Waals surface area contributed by atoms with Gasteiger partial charge in [-0.05, 0) is 35.2 Å². The Morgan fingerprint density at radius 2 is 1.88 bits per heavy atom. The molecule has 2 aromatic rings. The zero-order chi connectivity index (χ0) is 17.1. The average molecular weight is 332 g/mol. The first-order valence-corrected chi connectivity index (χ1v) is 7.78. The van der Waals surface area contributed by atoms with Crippen molar-refractivity contribution in [2.75, 3.05) is 6.54 Å². The van der Waals surface area contributed by atoms with E-state index in [1.54, 1.807) is 0 Å². The van der Waals surface area contributed by atoms with Gasteiger partial charge in [0.2, 0.25) is 0 Å². The topological polar surface area (TPSA) is 61.4 Å². The van der Waals surface area contributed by atoms with Gasteiger partial charge in [-0.15, -0.1) is 0 Å². The van der Waals surface area contributed by atoms with Crippen LogP contribution in [0.1, 0.15) is 22.7 Å². The molecule has 6 heteroatoms. The lowest BCUT2D eigenvalue weighted by atomic mass is 10.1. The molecule has 0 radical (unpaired) electrons. The molecule has 24 heavy (non-hydrogen) atoms. The van der Waals surface area contributed by atoms with Crippen molar-refractivity contribution in [3.63, 3.8) is 0 Å². The second kappa shape index (κ2) is 6.97. The zero-order valence-electron chi connectivity index (χ0n) is 12.9. The third-order valence-electron chi connectivity index (χ3n) is 4.11. The third-order valence-corrected chi connectivity index (χ3v) is 4.11. The van der Waals surface area contributed by atoms with Crippen LogP contribution >= 0.6 is 0 Å². The normalized spacial score (nSPS) is 19.0. The molecule has 126 valence electrons. The fourth-order valence-electron chi connectivity index (χ4n) is 3.02. The van der Waals surface area contributed by atoms with Crippen molar-refractivity contribution in [3.05, 3.63) is 70.8 Å². The van der Waals surface area contributed by atoms with Gasteiger partial charge in [-0.3, -0.25) is 0 Å². The highest BCUT2D eigenvalue weighted by atomic mass is 19.1. The number of carbonyl (C=O) groups excluding carboxylic acids is 1. The summed E-state index contributed by atoms with van der Waals surface area (Å²) in [6.07, 6.45) is 0.153. The van der Waals surface area contributed by atoms with Gasteiger partial charge in [-0.1, -0.05) is 24.3 Å². The van der Waals surface area contributed by atoms with Crippen molar-refractivity contribution in [2.24, 2.45) is 0 Å². The van der Waals surface area contributed by atoms with Crippen molar-refractivity contribution in [2.45, 2.75) is 25.0 Å². The summed E-state index contributed by atoms with van der Waals surface area (Å²) in [5.41, 5.74) is 2.40. The third kappa shape index (κ3) is 3.71. The summed E-state index contributed by atoms with van der Waals surface area (Å²) in [7, 11) is 0. The number of nitrogens with one attached hydrogen (secondary N) is 2. The van der Waals surface area contributed by atoms with Gasteiger partial charge in [-0.2, -0.15) is 0 Å². The van der Waals surface area contributed by atoms with Gasteiger partial charge >= 0.3 is 6.03 Å². The van der Waals surface area contributed by atoms with E-state index >= 15 is 0 Å². The molecule has 0 saturated carbocycles. The Hall–Kier alpha value is -2.47. The average Bonchev–Trinajstić information content (AvgIpc) is 2.82. The molecule has 2 amide bonds. The molecular weight excluding hydrogens is 314 g/mol. The number of aliphatic hydroxyl groups excluding tert-OH is 1. The van der Waals surface area contributed by atoms with Crippen LogP contribution in [0, 0.1) is 11.6 Å². The standard InChI is InChI=1S/C18H18F2N2O2/c19-13-7-11(8-14(20)10-13)5-6-21-18(24)22-17-15-4-2-1-3-12(15)9-16(17)23/h1-4,7-8,10,16-17,23H,5-6,9H2,(H2,21,22,24)/t16-,17+/m0/s1. The number of benzene rings is 2. The molecule has 0 unspecified atom stereocenters. The molecule has 3 rings (SSSR count). The van der Waals surface area contributed by atoms with Crippen molar-refractivity contribution in [1.29, 1.82) is 0 Å². The van der Waals surface area contributed by atoms with E-state index in [-0.39, 0.29) is 6.54 Å². The van der Waals surface area contributed by atoms with Crippen LogP contribution in [0.25, 0.3) is 0 Å². The van der Waals surface area contributed by atoms with E-state index in [9.17, 15) is 18.7 Å². The summed E-state index contributed by atoms with van der Waals surface area (Å²) in [6, 6.07) is 9.97. The molecular formula is C18H18F2N2O2. The highest BCUT2D eigenvalue weighted by Crippen LogP contribution is 2.30. The fraction of sp³-hybridized carbons (Fsp3) is 0.278. The first-order chi connectivity index (χ1) is 11.5. The second-order valence-corrected chi connectivity index (χ2v) is 5.88. The summed E-state index contributed by atoms with van der Waals surface area (Å²) < 4.78 is 26.2. The lowest BCUT2D eigenvalue weighted by Crippen LogP contribution is -2.41. The summed E-state index contributed by atoms with van der Waals surface area (Å²) in [4.78, 5) is 12.0. The quantitative estimate of drug-likeness (QED) is 0.805. The minimum atomic E-state index is -0.662. The van der Waals surface area contributed by atoms with Crippen LogP contribution < -0.4 is 10.6 Å². The number of fused-ring (bicyclic) bond motifs is 1. The monoisotopic (exact) mass is 332 g/mol. The molecule has 3 N–H and O–H groups in total. The van der Waals surface area contributed by atoms with Gasteiger partial charge in [0, 0.05) is 19.0 Å². The van der Waals surface area contributed by atoms with Gasteiger partial charge in [0.25, 0.3) is 0 Å². The van der Waals surface area contributed by atoms with Crippen LogP contribution in [-0.4, -0.2) is 23.8 Å². The number of carbonyl (C=O) groups is 1. The largest absolute Gasteiger partial charge is 0.390 e. The fourth-order valence-corrected chi connectivity index (χ4v) is 3.02. The zero-order valence-corrected chi connectivity index (χ0v) is 12.9. The molecule has 0 aromatic heterocycles. The number of aliphatic hydroxyl groups is 1. The minimum absolute atomic E-state index is 0.235. The summed E-state index contributed by atoms with van der Waals surface area (Å²) in [6.45, 7) is 0.235. The lowest BCUT2D eigenvalue weighted by Gasteiger charge is -2.18. The van der Waals surface area contributed by atoms with Crippen LogP contribution in [0.2, 0.25) is 0 Å². The second-order valence-electron chi connectivity index (χ2n) is 5.88. The Kier molecular flexibility index (Phi) is 4.76. The maximum atomic E-state index is 13.1. The minimum Gasteiger partial charge on any atom is -0.390 e. The summed E-state index contributed by atoms with van der Waals surface area (Å²) in [5, 5.41) is 15.5. The Labute approximate surface area is 138 Å². The van der Waals surface area contributed by atoms with Gasteiger partial charge in [0.15, 0.2) is 0 Å².